The van der Waals surface area contributed by atoms with Gasteiger partial charge < -0.3 is 20.1 Å². The lowest BCUT2D eigenvalue weighted by atomic mass is 10.2. The van der Waals surface area contributed by atoms with E-state index in [1.54, 1.807) is 32.2 Å². The number of aromatic nitrogens is 2. The van der Waals surface area contributed by atoms with Crippen LogP contribution < -0.4 is 20.1 Å². The fourth-order valence-electron chi connectivity index (χ4n) is 2.64. The minimum Gasteiger partial charge on any atom is -0.497 e. The predicted molar refractivity (Wildman–Crippen MR) is 108 cm³/mol. The quantitative estimate of drug-likeness (QED) is 0.653. The van der Waals surface area contributed by atoms with Crippen molar-refractivity contribution in [3.8, 4) is 11.5 Å². The number of nitrogens with one attached hydrogen (secondary N) is 2. The number of carbonyl (C=O) groups excluding carboxylic acids is 1. The van der Waals surface area contributed by atoms with E-state index in [0.29, 0.717) is 40.9 Å². The van der Waals surface area contributed by atoms with Crippen molar-refractivity contribution in [1.29, 1.82) is 0 Å². The first kappa shape index (κ1) is 19.2. The maximum absolute atomic E-state index is 12.6. The van der Waals surface area contributed by atoms with Crippen LogP contribution in [0.2, 0.25) is 0 Å². The topological polar surface area (TPSA) is 85.4 Å². The van der Waals surface area contributed by atoms with E-state index in [9.17, 15) is 4.79 Å². The van der Waals surface area contributed by atoms with Crippen LogP contribution in [-0.4, -0.2) is 30.1 Å². The first-order valence-corrected chi connectivity index (χ1v) is 8.75. The molecule has 3 aromatic rings. The summed E-state index contributed by atoms with van der Waals surface area (Å²) in [7, 11) is 3.10. The summed E-state index contributed by atoms with van der Waals surface area (Å²) < 4.78 is 10.5. The molecule has 3 rings (SSSR count). The van der Waals surface area contributed by atoms with Crippen LogP contribution in [0.4, 0.5) is 11.6 Å². The fraction of sp³-hybridized carbons (Fsp3) is 0.190. The molecule has 0 saturated carbocycles. The van der Waals surface area contributed by atoms with Crippen LogP contribution in [-0.2, 0) is 6.54 Å². The number of ether oxygens (including phenoxy) is 2. The minimum atomic E-state index is -0.310. The number of amides is 1. The Morgan fingerprint density at radius 1 is 1.07 bits per heavy atom. The van der Waals surface area contributed by atoms with Gasteiger partial charge in [0, 0.05) is 18.8 Å². The summed E-state index contributed by atoms with van der Waals surface area (Å²) >= 11 is 0. The summed E-state index contributed by atoms with van der Waals surface area (Å²) in [5, 5.41) is 5.99. The molecule has 0 saturated heterocycles. The van der Waals surface area contributed by atoms with Crippen molar-refractivity contribution in [3.63, 3.8) is 0 Å². The van der Waals surface area contributed by atoms with Gasteiger partial charge in [-0.15, -0.1) is 0 Å². The van der Waals surface area contributed by atoms with Crippen LogP contribution in [0.5, 0.6) is 11.5 Å². The number of benzene rings is 2. The molecule has 1 aromatic heterocycles. The highest BCUT2D eigenvalue weighted by Gasteiger charge is 2.15. The molecule has 0 spiro atoms. The molecule has 0 fully saturated rings. The number of carbonyl (C=O) groups is 1. The van der Waals surface area contributed by atoms with Crippen molar-refractivity contribution in [1.82, 2.24) is 9.97 Å². The normalized spacial score (nSPS) is 10.2. The van der Waals surface area contributed by atoms with Gasteiger partial charge in [0.25, 0.3) is 5.91 Å². The molecule has 7 nitrogen and oxygen atoms in total. The summed E-state index contributed by atoms with van der Waals surface area (Å²) in [6, 6.07) is 15.1. The highest BCUT2D eigenvalue weighted by atomic mass is 16.5. The zero-order chi connectivity index (χ0) is 19.9. The third kappa shape index (κ3) is 4.56. The second-order valence-electron chi connectivity index (χ2n) is 6.05. The lowest BCUT2D eigenvalue weighted by molar-refractivity contribution is 0.102. The van der Waals surface area contributed by atoms with Crippen LogP contribution in [0.25, 0.3) is 0 Å². The van der Waals surface area contributed by atoms with Crippen molar-refractivity contribution in [2.75, 3.05) is 24.9 Å². The van der Waals surface area contributed by atoms with E-state index < -0.39 is 0 Å². The molecule has 0 radical (unpaired) electrons. The molecule has 7 heteroatoms. The molecule has 0 aliphatic carbocycles. The summed E-state index contributed by atoms with van der Waals surface area (Å²) in [4.78, 5) is 21.3. The Hall–Kier alpha value is -3.61. The smallest absolute Gasteiger partial charge is 0.259 e. The van der Waals surface area contributed by atoms with E-state index in [1.807, 2.05) is 30.3 Å². The molecule has 144 valence electrons. The zero-order valence-corrected chi connectivity index (χ0v) is 16.0. The monoisotopic (exact) mass is 378 g/mol. The molecule has 2 aromatic carbocycles. The van der Waals surface area contributed by atoms with Gasteiger partial charge in [0.2, 0.25) is 5.95 Å². The van der Waals surface area contributed by atoms with E-state index in [4.69, 9.17) is 9.47 Å². The molecule has 1 amide bonds. The average molecular weight is 378 g/mol. The lowest BCUT2D eigenvalue weighted by Gasteiger charge is -2.13. The summed E-state index contributed by atoms with van der Waals surface area (Å²) in [5.41, 5.74) is 2.63. The first-order chi connectivity index (χ1) is 13.6. The Morgan fingerprint density at radius 2 is 1.86 bits per heavy atom. The molecule has 0 aliphatic heterocycles. The van der Waals surface area contributed by atoms with Crippen molar-refractivity contribution >= 4 is 17.5 Å². The van der Waals surface area contributed by atoms with Crippen LogP contribution in [0.1, 0.15) is 21.6 Å². The Labute approximate surface area is 163 Å². The van der Waals surface area contributed by atoms with Crippen molar-refractivity contribution in [2.45, 2.75) is 13.5 Å². The van der Waals surface area contributed by atoms with Gasteiger partial charge in [-0.3, -0.25) is 4.79 Å². The highest BCUT2D eigenvalue weighted by molar-refractivity contribution is 6.05. The van der Waals surface area contributed by atoms with Crippen LogP contribution in [0.15, 0.2) is 54.7 Å². The minimum absolute atomic E-state index is 0.310. The number of nitrogens with zero attached hydrogens (tertiary/aromatic N) is 2. The van der Waals surface area contributed by atoms with Gasteiger partial charge in [-0.2, -0.15) is 0 Å². The third-order valence-electron chi connectivity index (χ3n) is 4.17. The summed E-state index contributed by atoms with van der Waals surface area (Å²) in [6.07, 6.45) is 1.51. The summed E-state index contributed by atoms with van der Waals surface area (Å²) in [6.45, 7) is 2.38. The number of hydrogen-bond donors (Lipinski definition) is 2. The molecular formula is C21H22N4O3. The maximum atomic E-state index is 12.6. The van der Waals surface area contributed by atoms with Crippen molar-refractivity contribution < 1.29 is 14.3 Å². The second kappa shape index (κ2) is 8.85. The molecule has 0 atom stereocenters. The fourth-order valence-corrected chi connectivity index (χ4v) is 2.64. The second-order valence-corrected chi connectivity index (χ2v) is 6.05. The molecule has 0 unspecified atom stereocenters. The largest absolute Gasteiger partial charge is 0.497 e. The van der Waals surface area contributed by atoms with E-state index in [-0.39, 0.29) is 5.91 Å². The Morgan fingerprint density at radius 3 is 2.54 bits per heavy atom. The van der Waals surface area contributed by atoms with Crippen LogP contribution >= 0.6 is 0 Å². The average Bonchev–Trinajstić information content (AvgIpc) is 2.73. The standard InChI is InChI=1S/C21H22N4O3/c1-14-17(13-23-21(24-14)22-12-15-7-5-4-6-8-15)20(26)25-18-10-9-16(27-2)11-19(18)28-3/h4-11,13H,12H2,1-3H3,(H,25,26)(H,22,23,24). The Bertz CT molecular complexity index is 961. The number of aryl methyl sites for hydroxylation is 1. The number of rotatable bonds is 7. The maximum Gasteiger partial charge on any atom is 0.259 e. The summed E-state index contributed by atoms with van der Waals surface area (Å²) in [5.74, 6) is 1.31. The molecule has 0 bridgehead atoms. The van der Waals surface area contributed by atoms with Crippen molar-refractivity contribution in [2.24, 2.45) is 0 Å². The van der Waals surface area contributed by atoms with Gasteiger partial charge in [-0.25, -0.2) is 9.97 Å². The van der Waals surface area contributed by atoms with Crippen LogP contribution in [0, 0.1) is 6.92 Å². The van der Waals surface area contributed by atoms with Gasteiger partial charge in [0.1, 0.15) is 11.5 Å². The molecule has 28 heavy (non-hydrogen) atoms. The number of anilines is 2. The van der Waals surface area contributed by atoms with E-state index >= 15 is 0 Å². The van der Waals surface area contributed by atoms with Gasteiger partial charge in [0.05, 0.1) is 31.2 Å². The molecular weight excluding hydrogens is 356 g/mol. The van der Waals surface area contributed by atoms with E-state index in [2.05, 4.69) is 20.6 Å². The Balaban J connectivity index is 1.70. The Kier molecular flexibility index (Phi) is 6.06. The predicted octanol–water partition coefficient (Wildman–Crippen LogP) is 3.67. The lowest BCUT2D eigenvalue weighted by Crippen LogP contribution is -2.16. The number of hydrogen-bond acceptors (Lipinski definition) is 6. The van der Waals surface area contributed by atoms with Gasteiger partial charge >= 0.3 is 0 Å². The number of methoxy groups -OCH3 is 2. The zero-order valence-electron chi connectivity index (χ0n) is 16.0. The highest BCUT2D eigenvalue weighted by Crippen LogP contribution is 2.29. The molecule has 1 heterocycles. The van der Waals surface area contributed by atoms with Gasteiger partial charge in [-0.05, 0) is 24.6 Å². The third-order valence-corrected chi connectivity index (χ3v) is 4.17. The van der Waals surface area contributed by atoms with Crippen LogP contribution in [0.3, 0.4) is 0 Å². The van der Waals surface area contributed by atoms with Gasteiger partial charge in [0.15, 0.2) is 0 Å². The first-order valence-electron chi connectivity index (χ1n) is 8.75. The SMILES string of the molecule is COc1ccc(NC(=O)c2cnc(NCc3ccccc3)nc2C)c(OC)c1. The van der Waals surface area contributed by atoms with E-state index in [1.165, 1.54) is 13.3 Å². The van der Waals surface area contributed by atoms with E-state index in [0.717, 1.165) is 5.56 Å². The van der Waals surface area contributed by atoms with Gasteiger partial charge in [-0.1, -0.05) is 30.3 Å². The molecule has 2 N–H and O–H groups in total. The van der Waals surface area contributed by atoms with Crippen molar-refractivity contribution in [3.05, 3.63) is 71.5 Å². The molecule has 0 aliphatic rings.